The standard InChI is InChI=1S/C18H22ClN3O2/c1-17(11-24-2)8-7-15(9-14-3-5-16(19)6-4-14)18(17,23)10-22-13-20-12-21-22/h3-6,9,12-13,23H,7-8,10-11H2,1-2H3/b15-9-. The number of aromatic nitrogens is 3. The molecule has 1 aromatic carbocycles. The Balaban J connectivity index is 1.99. The Labute approximate surface area is 146 Å². The van der Waals surface area contributed by atoms with Crippen molar-refractivity contribution in [3.05, 3.63) is 53.1 Å². The van der Waals surface area contributed by atoms with E-state index in [0.717, 1.165) is 24.0 Å². The van der Waals surface area contributed by atoms with Gasteiger partial charge in [0, 0.05) is 17.5 Å². The van der Waals surface area contributed by atoms with Crippen LogP contribution in [0.4, 0.5) is 0 Å². The Kier molecular flexibility index (Phi) is 4.76. The minimum Gasteiger partial charge on any atom is -0.384 e. The van der Waals surface area contributed by atoms with E-state index in [2.05, 4.69) is 17.0 Å². The van der Waals surface area contributed by atoms with E-state index in [-0.39, 0.29) is 5.41 Å². The van der Waals surface area contributed by atoms with Gasteiger partial charge in [0.15, 0.2) is 0 Å². The minimum absolute atomic E-state index is 0.353. The van der Waals surface area contributed by atoms with E-state index in [4.69, 9.17) is 16.3 Å². The highest BCUT2D eigenvalue weighted by atomic mass is 35.5. The second-order valence-electron chi connectivity index (χ2n) is 6.67. The van der Waals surface area contributed by atoms with Gasteiger partial charge in [0.25, 0.3) is 0 Å². The lowest BCUT2D eigenvalue weighted by Gasteiger charge is -2.39. The molecule has 1 aliphatic carbocycles. The number of aliphatic hydroxyl groups is 1. The topological polar surface area (TPSA) is 60.2 Å². The summed E-state index contributed by atoms with van der Waals surface area (Å²) in [6.07, 6.45) is 6.82. The van der Waals surface area contributed by atoms with Crippen LogP contribution in [0.2, 0.25) is 5.02 Å². The second kappa shape index (κ2) is 6.67. The van der Waals surface area contributed by atoms with Gasteiger partial charge in [-0.3, -0.25) is 0 Å². The lowest BCUT2D eigenvalue weighted by molar-refractivity contribution is -0.0751. The number of methoxy groups -OCH3 is 1. The van der Waals surface area contributed by atoms with Crippen LogP contribution >= 0.6 is 11.6 Å². The van der Waals surface area contributed by atoms with E-state index >= 15 is 0 Å². The zero-order chi connectivity index (χ0) is 17.2. The van der Waals surface area contributed by atoms with E-state index in [1.165, 1.54) is 6.33 Å². The molecule has 0 radical (unpaired) electrons. The molecular weight excluding hydrogens is 326 g/mol. The van der Waals surface area contributed by atoms with Crippen molar-refractivity contribution in [1.82, 2.24) is 14.8 Å². The molecular formula is C18H22ClN3O2. The molecule has 1 aromatic heterocycles. The van der Waals surface area contributed by atoms with E-state index in [1.807, 2.05) is 30.3 Å². The molecule has 5 nitrogen and oxygen atoms in total. The van der Waals surface area contributed by atoms with Gasteiger partial charge in [0.2, 0.25) is 0 Å². The van der Waals surface area contributed by atoms with E-state index in [0.29, 0.717) is 18.2 Å². The molecule has 2 aromatic rings. The Bertz CT molecular complexity index is 714. The molecule has 1 heterocycles. The Morgan fingerprint density at radius 3 is 2.75 bits per heavy atom. The summed E-state index contributed by atoms with van der Waals surface area (Å²) in [5.74, 6) is 0. The van der Waals surface area contributed by atoms with Crippen molar-refractivity contribution >= 4 is 17.7 Å². The van der Waals surface area contributed by atoms with Crippen LogP contribution in [0.1, 0.15) is 25.3 Å². The minimum atomic E-state index is -1.05. The van der Waals surface area contributed by atoms with Crippen molar-refractivity contribution < 1.29 is 9.84 Å². The fourth-order valence-electron chi connectivity index (χ4n) is 3.51. The highest BCUT2D eigenvalue weighted by Gasteiger charge is 2.54. The van der Waals surface area contributed by atoms with E-state index in [1.54, 1.807) is 18.1 Å². The van der Waals surface area contributed by atoms with Crippen molar-refractivity contribution in [3.8, 4) is 0 Å². The third-order valence-electron chi connectivity index (χ3n) is 5.01. The fraction of sp³-hybridized carbons (Fsp3) is 0.444. The Morgan fingerprint density at radius 1 is 1.38 bits per heavy atom. The van der Waals surface area contributed by atoms with Crippen LogP contribution in [0.5, 0.6) is 0 Å². The summed E-state index contributed by atoms with van der Waals surface area (Å²) in [5.41, 5.74) is 0.579. The number of halogens is 1. The van der Waals surface area contributed by atoms with E-state index in [9.17, 15) is 5.11 Å². The normalized spacial score (nSPS) is 28.6. The molecule has 0 amide bonds. The highest BCUT2D eigenvalue weighted by molar-refractivity contribution is 6.30. The summed E-state index contributed by atoms with van der Waals surface area (Å²) in [6.45, 7) is 2.90. The molecule has 0 aliphatic heterocycles. The number of nitrogens with zero attached hydrogens (tertiary/aromatic N) is 3. The van der Waals surface area contributed by atoms with Gasteiger partial charge in [-0.05, 0) is 36.1 Å². The van der Waals surface area contributed by atoms with Gasteiger partial charge in [-0.15, -0.1) is 0 Å². The highest BCUT2D eigenvalue weighted by Crippen LogP contribution is 2.51. The van der Waals surface area contributed by atoms with Crippen LogP contribution in [0.15, 0.2) is 42.5 Å². The number of rotatable bonds is 5. The molecule has 0 saturated heterocycles. The molecule has 1 N–H and O–H groups in total. The quantitative estimate of drug-likeness (QED) is 0.902. The van der Waals surface area contributed by atoms with Gasteiger partial charge in [-0.2, -0.15) is 5.10 Å². The first kappa shape index (κ1) is 17.1. The third-order valence-corrected chi connectivity index (χ3v) is 5.26. The van der Waals surface area contributed by atoms with Gasteiger partial charge in [0.05, 0.1) is 13.2 Å². The van der Waals surface area contributed by atoms with Crippen molar-refractivity contribution in [2.24, 2.45) is 5.41 Å². The molecule has 1 aliphatic rings. The van der Waals surface area contributed by atoms with E-state index < -0.39 is 5.60 Å². The summed E-state index contributed by atoms with van der Waals surface area (Å²) in [5, 5.41) is 16.5. The van der Waals surface area contributed by atoms with Crippen molar-refractivity contribution in [1.29, 1.82) is 0 Å². The molecule has 2 unspecified atom stereocenters. The van der Waals surface area contributed by atoms with Gasteiger partial charge in [-0.1, -0.05) is 36.7 Å². The maximum atomic E-state index is 11.6. The van der Waals surface area contributed by atoms with Gasteiger partial charge < -0.3 is 9.84 Å². The molecule has 1 fully saturated rings. The first-order valence-corrected chi connectivity index (χ1v) is 8.35. The summed E-state index contributed by atoms with van der Waals surface area (Å²) < 4.78 is 7.08. The Hall–Kier alpha value is -1.69. The van der Waals surface area contributed by atoms with Gasteiger partial charge >= 0.3 is 0 Å². The van der Waals surface area contributed by atoms with Crippen molar-refractivity contribution in [2.45, 2.75) is 31.9 Å². The number of ether oxygens (including phenoxy) is 1. The first-order chi connectivity index (χ1) is 11.5. The smallest absolute Gasteiger partial charge is 0.137 e. The van der Waals surface area contributed by atoms with Crippen LogP contribution in [0.3, 0.4) is 0 Å². The summed E-state index contributed by atoms with van der Waals surface area (Å²) >= 11 is 5.96. The zero-order valence-corrected chi connectivity index (χ0v) is 14.7. The predicted octanol–water partition coefficient (Wildman–Crippen LogP) is 3.19. The maximum Gasteiger partial charge on any atom is 0.137 e. The molecule has 2 atom stereocenters. The van der Waals surface area contributed by atoms with Gasteiger partial charge in [0.1, 0.15) is 18.3 Å². The third kappa shape index (κ3) is 3.11. The molecule has 0 spiro atoms. The van der Waals surface area contributed by atoms with Crippen LogP contribution in [0.25, 0.3) is 6.08 Å². The van der Waals surface area contributed by atoms with Gasteiger partial charge in [-0.25, -0.2) is 9.67 Å². The summed E-state index contributed by atoms with van der Waals surface area (Å²) in [6, 6.07) is 7.62. The average Bonchev–Trinajstić information content (AvgIpc) is 3.13. The summed E-state index contributed by atoms with van der Waals surface area (Å²) in [7, 11) is 1.67. The second-order valence-corrected chi connectivity index (χ2v) is 7.10. The van der Waals surface area contributed by atoms with Crippen molar-refractivity contribution in [3.63, 3.8) is 0 Å². The molecule has 3 rings (SSSR count). The molecule has 1 saturated carbocycles. The average molecular weight is 348 g/mol. The molecule has 0 bridgehead atoms. The monoisotopic (exact) mass is 347 g/mol. The van der Waals surface area contributed by atoms with Crippen LogP contribution in [-0.2, 0) is 11.3 Å². The SMILES string of the molecule is COCC1(C)CC/C(=C/c2ccc(Cl)cc2)C1(O)Cn1cncn1. The van der Waals surface area contributed by atoms with Crippen LogP contribution in [-0.4, -0.2) is 39.2 Å². The lowest BCUT2D eigenvalue weighted by Crippen LogP contribution is -2.49. The fourth-order valence-corrected chi connectivity index (χ4v) is 3.64. The Morgan fingerprint density at radius 2 is 2.12 bits per heavy atom. The molecule has 6 heteroatoms. The van der Waals surface area contributed by atoms with Crippen LogP contribution in [0, 0.1) is 5.41 Å². The first-order valence-electron chi connectivity index (χ1n) is 7.97. The maximum absolute atomic E-state index is 11.6. The molecule has 128 valence electrons. The number of hydrogen-bond acceptors (Lipinski definition) is 4. The predicted molar refractivity (Wildman–Crippen MR) is 93.6 cm³/mol. The van der Waals surface area contributed by atoms with Crippen LogP contribution < -0.4 is 0 Å². The van der Waals surface area contributed by atoms with Crippen molar-refractivity contribution in [2.75, 3.05) is 13.7 Å². The number of hydrogen-bond donors (Lipinski definition) is 1. The lowest BCUT2D eigenvalue weighted by atomic mass is 9.74. The largest absolute Gasteiger partial charge is 0.384 e. The number of benzene rings is 1. The zero-order valence-electron chi connectivity index (χ0n) is 13.9. The summed E-state index contributed by atoms with van der Waals surface area (Å²) in [4.78, 5) is 3.98. The molecule has 24 heavy (non-hydrogen) atoms.